The predicted molar refractivity (Wildman–Crippen MR) is 92.7 cm³/mol. The first kappa shape index (κ1) is 15.7. The summed E-state index contributed by atoms with van der Waals surface area (Å²) in [5.74, 6) is 0.0398. The van der Waals surface area contributed by atoms with Crippen molar-refractivity contribution in [1.82, 2.24) is 4.98 Å². The topological polar surface area (TPSA) is 54.0 Å². The number of rotatable bonds is 5. The normalized spacial score (nSPS) is 10.2. The van der Waals surface area contributed by atoms with Crippen molar-refractivity contribution in [2.45, 2.75) is 6.42 Å². The maximum Gasteiger partial charge on any atom is 0.229 e. The Balaban J connectivity index is 1.59. The van der Waals surface area contributed by atoms with E-state index in [2.05, 4.69) is 15.6 Å². The van der Waals surface area contributed by atoms with Crippen LogP contribution in [0, 0.1) is 5.82 Å². The molecule has 1 heterocycles. The van der Waals surface area contributed by atoms with E-state index in [0.29, 0.717) is 23.6 Å². The number of halogens is 1. The summed E-state index contributed by atoms with van der Waals surface area (Å²) in [6.07, 6.45) is 1.88. The average Bonchev–Trinajstić information content (AvgIpc) is 2.57. The Bertz CT molecular complexity index is 820. The number of pyridine rings is 1. The number of hydrogen-bond acceptors (Lipinski definition) is 3. The Morgan fingerprint density at radius 3 is 2.50 bits per heavy atom. The summed E-state index contributed by atoms with van der Waals surface area (Å²) in [6, 6.07) is 19.2. The van der Waals surface area contributed by atoms with Gasteiger partial charge in [0.1, 0.15) is 11.6 Å². The van der Waals surface area contributed by atoms with Gasteiger partial charge < -0.3 is 10.6 Å². The van der Waals surface area contributed by atoms with Crippen LogP contribution in [-0.2, 0) is 11.2 Å². The van der Waals surface area contributed by atoms with E-state index in [4.69, 9.17) is 0 Å². The molecule has 1 aromatic heterocycles. The minimum Gasteiger partial charge on any atom is -0.354 e. The van der Waals surface area contributed by atoms with Gasteiger partial charge in [0.05, 0.1) is 18.3 Å². The summed E-state index contributed by atoms with van der Waals surface area (Å²) in [5.41, 5.74) is 2.29. The van der Waals surface area contributed by atoms with Gasteiger partial charge in [-0.25, -0.2) is 9.37 Å². The molecule has 24 heavy (non-hydrogen) atoms. The Labute approximate surface area is 139 Å². The number of nitrogens with one attached hydrogen (secondary N) is 2. The van der Waals surface area contributed by atoms with Crippen LogP contribution in [0.4, 0.5) is 21.6 Å². The van der Waals surface area contributed by atoms with Crippen LogP contribution in [0.1, 0.15) is 5.56 Å². The molecule has 3 rings (SSSR count). The predicted octanol–water partition coefficient (Wildman–Crippen LogP) is 4.15. The number of amides is 1. The van der Waals surface area contributed by atoms with Crippen molar-refractivity contribution in [2.24, 2.45) is 0 Å². The molecule has 0 unspecified atom stereocenters. The quantitative estimate of drug-likeness (QED) is 0.742. The Morgan fingerprint density at radius 1 is 0.958 bits per heavy atom. The SMILES string of the molecule is O=C(Cc1ccccc1)Nc1ccc(Nc2cccc(F)c2)cn1. The van der Waals surface area contributed by atoms with Gasteiger partial charge in [0.15, 0.2) is 0 Å². The largest absolute Gasteiger partial charge is 0.354 e. The van der Waals surface area contributed by atoms with Crippen molar-refractivity contribution >= 4 is 23.1 Å². The number of carbonyl (C=O) groups is 1. The van der Waals surface area contributed by atoms with Gasteiger partial charge in [0, 0.05) is 5.69 Å². The molecule has 0 bridgehead atoms. The lowest BCUT2D eigenvalue weighted by Crippen LogP contribution is -2.15. The highest BCUT2D eigenvalue weighted by molar-refractivity contribution is 5.91. The van der Waals surface area contributed by atoms with Crippen molar-refractivity contribution in [3.05, 3.63) is 84.3 Å². The molecule has 0 aliphatic rings. The highest BCUT2D eigenvalue weighted by atomic mass is 19.1. The van der Waals surface area contributed by atoms with E-state index >= 15 is 0 Å². The zero-order valence-electron chi connectivity index (χ0n) is 12.9. The van der Waals surface area contributed by atoms with E-state index in [1.54, 1.807) is 30.5 Å². The highest BCUT2D eigenvalue weighted by Gasteiger charge is 2.05. The van der Waals surface area contributed by atoms with Gasteiger partial charge in [-0.2, -0.15) is 0 Å². The van der Waals surface area contributed by atoms with Crippen LogP contribution in [0.5, 0.6) is 0 Å². The van der Waals surface area contributed by atoms with E-state index < -0.39 is 0 Å². The van der Waals surface area contributed by atoms with Crippen LogP contribution < -0.4 is 10.6 Å². The number of nitrogens with zero attached hydrogens (tertiary/aromatic N) is 1. The van der Waals surface area contributed by atoms with Crippen molar-refractivity contribution in [2.75, 3.05) is 10.6 Å². The van der Waals surface area contributed by atoms with Crippen LogP contribution in [0.3, 0.4) is 0 Å². The summed E-state index contributed by atoms with van der Waals surface area (Å²) < 4.78 is 13.2. The summed E-state index contributed by atoms with van der Waals surface area (Å²) in [7, 11) is 0. The molecule has 1 amide bonds. The second kappa shape index (κ2) is 7.37. The number of hydrogen-bond donors (Lipinski definition) is 2. The smallest absolute Gasteiger partial charge is 0.229 e. The third-order valence-corrected chi connectivity index (χ3v) is 3.35. The molecule has 0 aliphatic heterocycles. The summed E-state index contributed by atoms with van der Waals surface area (Å²) in [4.78, 5) is 16.2. The van der Waals surface area contributed by atoms with E-state index in [0.717, 1.165) is 5.56 Å². The highest BCUT2D eigenvalue weighted by Crippen LogP contribution is 2.17. The van der Waals surface area contributed by atoms with Gasteiger partial charge in [-0.1, -0.05) is 36.4 Å². The summed E-state index contributed by atoms with van der Waals surface area (Å²) >= 11 is 0. The Hall–Kier alpha value is -3.21. The fourth-order valence-electron chi connectivity index (χ4n) is 2.24. The molecule has 0 spiro atoms. The molecule has 4 nitrogen and oxygen atoms in total. The standard InChI is InChI=1S/C19H16FN3O/c20-15-7-4-8-16(12-15)22-17-9-10-18(21-13-17)23-19(24)11-14-5-2-1-3-6-14/h1-10,12-13,22H,11H2,(H,21,23,24). The van der Waals surface area contributed by atoms with Crippen LogP contribution in [0.25, 0.3) is 0 Å². The molecule has 0 radical (unpaired) electrons. The lowest BCUT2D eigenvalue weighted by atomic mass is 10.1. The number of benzene rings is 2. The van der Waals surface area contributed by atoms with Gasteiger partial charge in [-0.3, -0.25) is 4.79 Å². The molecule has 0 atom stereocenters. The average molecular weight is 321 g/mol. The van der Waals surface area contributed by atoms with Gasteiger partial charge in [-0.15, -0.1) is 0 Å². The second-order valence-electron chi connectivity index (χ2n) is 5.28. The van der Waals surface area contributed by atoms with Crippen LogP contribution in [0.2, 0.25) is 0 Å². The molecular formula is C19H16FN3O. The maximum absolute atomic E-state index is 13.2. The molecule has 120 valence electrons. The van der Waals surface area contributed by atoms with E-state index in [1.807, 2.05) is 30.3 Å². The summed E-state index contributed by atoms with van der Waals surface area (Å²) in [5, 5.41) is 5.80. The van der Waals surface area contributed by atoms with Crippen LogP contribution in [-0.4, -0.2) is 10.9 Å². The third kappa shape index (κ3) is 4.39. The van der Waals surface area contributed by atoms with E-state index in [-0.39, 0.29) is 11.7 Å². The molecule has 0 saturated carbocycles. The molecule has 0 saturated heterocycles. The maximum atomic E-state index is 13.2. The molecule has 2 N–H and O–H groups in total. The van der Waals surface area contributed by atoms with Crippen molar-refractivity contribution in [3.8, 4) is 0 Å². The van der Waals surface area contributed by atoms with Crippen molar-refractivity contribution in [3.63, 3.8) is 0 Å². The number of anilines is 3. The minimum absolute atomic E-state index is 0.125. The fraction of sp³-hybridized carbons (Fsp3) is 0.0526. The number of carbonyl (C=O) groups excluding carboxylic acids is 1. The first-order valence-corrected chi connectivity index (χ1v) is 7.51. The first-order chi connectivity index (χ1) is 11.7. The first-order valence-electron chi connectivity index (χ1n) is 7.51. The Morgan fingerprint density at radius 2 is 1.79 bits per heavy atom. The van der Waals surface area contributed by atoms with Crippen molar-refractivity contribution < 1.29 is 9.18 Å². The number of aromatic nitrogens is 1. The molecule has 2 aromatic carbocycles. The van der Waals surface area contributed by atoms with Crippen molar-refractivity contribution in [1.29, 1.82) is 0 Å². The third-order valence-electron chi connectivity index (χ3n) is 3.35. The fourth-order valence-corrected chi connectivity index (χ4v) is 2.24. The molecule has 5 heteroatoms. The van der Waals surface area contributed by atoms with Crippen LogP contribution in [0.15, 0.2) is 72.9 Å². The lowest BCUT2D eigenvalue weighted by molar-refractivity contribution is -0.115. The summed E-state index contributed by atoms with van der Waals surface area (Å²) in [6.45, 7) is 0. The molecule has 0 aliphatic carbocycles. The van der Waals surface area contributed by atoms with Crippen LogP contribution >= 0.6 is 0 Å². The van der Waals surface area contributed by atoms with E-state index in [9.17, 15) is 9.18 Å². The molecular weight excluding hydrogens is 305 g/mol. The second-order valence-corrected chi connectivity index (χ2v) is 5.28. The Kier molecular flexibility index (Phi) is 4.81. The van der Waals surface area contributed by atoms with Gasteiger partial charge >= 0.3 is 0 Å². The molecule has 3 aromatic rings. The monoisotopic (exact) mass is 321 g/mol. The van der Waals surface area contributed by atoms with Gasteiger partial charge in [-0.05, 0) is 35.9 Å². The van der Waals surface area contributed by atoms with Gasteiger partial charge in [0.2, 0.25) is 5.91 Å². The van der Waals surface area contributed by atoms with Gasteiger partial charge in [0.25, 0.3) is 0 Å². The minimum atomic E-state index is -0.308. The molecule has 0 fully saturated rings. The zero-order chi connectivity index (χ0) is 16.8. The van der Waals surface area contributed by atoms with E-state index in [1.165, 1.54) is 12.1 Å². The lowest BCUT2D eigenvalue weighted by Gasteiger charge is -2.08. The zero-order valence-corrected chi connectivity index (χ0v) is 12.9.